The fourth-order valence-corrected chi connectivity index (χ4v) is 1.16. The molecule has 0 fully saturated rings. The summed E-state index contributed by atoms with van der Waals surface area (Å²) < 4.78 is 0. The molecule has 0 aromatic rings. The van der Waals surface area contributed by atoms with Gasteiger partial charge < -0.3 is 11.5 Å². The maximum atomic E-state index is 5.49. The maximum absolute atomic E-state index is 5.49. The van der Waals surface area contributed by atoms with Crippen LogP contribution in [0.2, 0.25) is 0 Å². The molecule has 0 bridgehead atoms. The standard InChI is InChI=1S/C8H14N2/c1-5-3-7(8(9)10)4-6(5)2/h3,6,8H,1,4,9-10H2,2H3. The van der Waals surface area contributed by atoms with Crippen LogP contribution in [-0.4, -0.2) is 6.17 Å². The topological polar surface area (TPSA) is 52.0 Å². The SMILES string of the molecule is C=C1C=C(C(N)N)CC1C. The van der Waals surface area contributed by atoms with Crippen LogP contribution in [0.1, 0.15) is 13.3 Å². The van der Waals surface area contributed by atoms with Gasteiger partial charge in [-0.05, 0) is 17.9 Å². The number of rotatable bonds is 1. The van der Waals surface area contributed by atoms with Gasteiger partial charge in [0.15, 0.2) is 0 Å². The third-order valence-corrected chi connectivity index (χ3v) is 1.97. The molecule has 0 aromatic heterocycles. The molecule has 2 heteroatoms. The lowest BCUT2D eigenvalue weighted by Gasteiger charge is -2.06. The number of hydrogen-bond donors (Lipinski definition) is 2. The molecule has 1 aliphatic rings. The summed E-state index contributed by atoms with van der Waals surface area (Å²) in [7, 11) is 0. The molecule has 10 heavy (non-hydrogen) atoms. The van der Waals surface area contributed by atoms with Crippen molar-refractivity contribution in [3.63, 3.8) is 0 Å². The zero-order chi connectivity index (χ0) is 7.72. The van der Waals surface area contributed by atoms with E-state index in [1.54, 1.807) is 0 Å². The van der Waals surface area contributed by atoms with E-state index in [2.05, 4.69) is 13.5 Å². The third kappa shape index (κ3) is 1.28. The van der Waals surface area contributed by atoms with Crippen molar-refractivity contribution in [1.29, 1.82) is 0 Å². The minimum atomic E-state index is -0.290. The Labute approximate surface area is 61.6 Å². The monoisotopic (exact) mass is 138 g/mol. The van der Waals surface area contributed by atoms with Crippen molar-refractivity contribution in [2.45, 2.75) is 19.5 Å². The lowest BCUT2D eigenvalue weighted by Crippen LogP contribution is -2.32. The Morgan fingerprint density at radius 2 is 2.30 bits per heavy atom. The second-order valence-electron chi connectivity index (χ2n) is 2.93. The molecule has 1 aliphatic carbocycles. The lowest BCUT2D eigenvalue weighted by molar-refractivity contribution is 0.676. The van der Waals surface area contributed by atoms with Crippen molar-refractivity contribution in [1.82, 2.24) is 0 Å². The van der Waals surface area contributed by atoms with E-state index in [-0.39, 0.29) is 6.17 Å². The van der Waals surface area contributed by atoms with E-state index in [1.165, 1.54) is 0 Å². The second-order valence-corrected chi connectivity index (χ2v) is 2.93. The number of allylic oxidation sites excluding steroid dienone is 2. The van der Waals surface area contributed by atoms with Gasteiger partial charge in [-0.3, -0.25) is 0 Å². The Balaban J connectivity index is 2.67. The number of nitrogens with two attached hydrogens (primary N) is 2. The van der Waals surface area contributed by atoms with Crippen molar-refractivity contribution in [2.24, 2.45) is 17.4 Å². The molecule has 0 saturated carbocycles. The van der Waals surface area contributed by atoms with E-state index >= 15 is 0 Å². The van der Waals surface area contributed by atoms with Crippen molar-refractivity contribution in [2.75, 3.05) is 0 Å². The average Bonchev–Trinajstić information content (AvgIpc) is 2.13. The Morgan fingerprint density at radius 3 is 2.50 bits per heavy atom. The highest BCUT2D eigenvalue weighted by atomic mass is 14.9. The lowest BCUT2D eigenvalue weighted by atomic mass is 10.0. The first-order chi connectivity index (χ1) is 4.61. The molecule has 0 radical (unpaired) electrons. The maximum Gasteiger partial charge on any atom is 0.0746 e. The second kappa shape index (κ2) is 2.56. The van der Waals surface area contributed by atoms with Crippen LogP contribution in [0.15, 0.2) is 23.8 Å². The molecule has 0 aromatic carbocycles. The minimum absolute atomic E-state index is 0.290. The largest absolute Gasteiger partial charge is 0.313 e. The highest BCUT2D eigenvalue weighted by Crippen LogP contribution is 2.28. The fraction of sp³-hybridized carbons (Fsp3) is 0.500. The van der Waals surface area contributed by atoms with Crippen molar-refractivity contribution < 1.29 is 0 Å². The fourth-order valence-electron chi connectivity index (χ4n) is 1.16. The molecule has 0 heterocycles. The Morgan fingerprint density at radius 1 is 1.70 bits per heavy atom. The Bertz CT molecular complexity index is 180. The van der Waals surface area contributed by atoms with Crippen LogP contribution in [0.3, 0.4) is 0 Å². The van der Waals surface area contributed by atoms with Crippen LogP contribution in [0.5, 0.6) is 0 Å². The molecule has 2 nitrogen and oxygen atoms in total. The van der Waals surface area contributed by atoms with Gasteiger partial charge >= 0.3 is 0 Å². The summed E-state index contributed by atoms with van der Waals surface area (Å²) in [5, 5.41) is 0. The molecule has 1 unspecified atom stereocenters. The van der Waals surface area contributed by atoms with Gasteiger partial charge in [0.05, 0.1) is 6.17 Å². The van der Waals surface area contributed by atoms with E-state index in [0.29, 0.717) is 5.92 Å². The molecule has 0 spiro atoms. The predicted molar refractivity (Wildman–Crippen MR) is 43.2 cm³/mol. The minimum Gasteiger partial charge on any atom is -0.313 e. The zero-order valence-corrected chi connectivity index (χ0v) is 6.30. The van der Waals surface area contributed by atoms with E-state index in [1.807, 2.05) is 6.08 Å². The molecular formula is C8H14N2. The zero-order valence-electron chi connectivity index (χ0n) is 6.30. The normalized spacial score (nSPS) is 25.8. The average molecular weight is 138 g/mol. The summed E-state index contributed by atoms with van der Waals surface area (Å²) in [5.41, 5.74) is 13.3. The highest BCUT2D eigenvalue weighted by molar-refractivity contribution is 5.32. The Hall–Kier alpha value is -0.600. The molecular weight excluding hydrogens is 124 g/mol. The van der Waals surface area contributed by atoms with Gasteiger partial charge in [0.1, 0.15) is 0 Å². The van der Waals surface area contributed by atoms with Gasteiger partial charge in [0, 0.05) is 0 Å². The predicted octanol–water partition coefficient (Wildman–Crippen LogP) is 0.752. The Kier molecular flexibility index (Phi) is 1.92. The number of hydrogen-bond acceptors (Lipinski definition) is 2. The first kappa shape index (κ1) is 7.51. The molecule has 0 amide bonds. The van der Waals surface area contributed by atoms with E-state index in [9.17, 15) is 0 Å². The van der Waals surface area contributed by atoms with Crippen LogP contribution in [-0.2, 0) is 0 Å². The van der Waals surface area contributed by atoms with Crippen LogP contribution >= 0.6 is 0 Å². The molecule has 1 atom stereocenters. The first-order valence-electron chi connectivity index (χ1n) is 3.51. The van der Waals surface area contributed by atoms with Gasteiger partial charge in [-0.1, -0.05) is 25.2 Å². The van der Waals surface area contributed by atoms with Crippen LogP contribution in [0.4, 0.5) is 0 Å². The molecule has 4 N–H and O–H groups in total. The van der Waals surface area contributed by atoms with Crippen LogP contribution < -0.4 is 11.5 Å². The van der Waals surface area contributed by atoms with Gasteiger partial charge in [-0.2, -0.15) is 0 Å². The molecule has 1 rings (SSSR count). The van der Waals surface area contributed by atoms with E-state index in [0.717, 1.165) is 17.6 Å². The van der Waals surface area contributed by atoms with Crippen molar-refractivity contribution >= 4 is 0 Å². The summed E-state index contributed by atoms with van der Waals surface area (Å²) >= 11 is 0. The summed E-state index contributed by atoms with van der Waals surface area (Å²) in [4.78, 5) is 0. The first-order valence-corrected chi connectivity index (χ1v) is 3.51. The third-order valence-electron chi connectivity index (χ3n) is 1.97. The highest BCUT2D eigenvalue weighted by Gasteiger charge is 2.17. The van der Waals surface area contributed by atoms with E-state index in [4.69, 9.17) is 11.5 Å². The van der Waals surface area contributed by atoms with Gasteiger partial charge in [-0.15, -0.1) is 0 Å². The molecule has 56 valence electrons. The van der Waals surface area contributed by atoms with Crippen molar-refractivity contribution in [3.8, 4) is 0 Å². The summed E-state index contributed by atoms with van der Waals surface area (Å²) in [6.07, 6.45) is 2.70. The van der Waals surface area contributed by atoms with Gasteiger partial charge in [-0.25, -0.2) is 0 Å². The summed E-state index contributed by atoms with van der Waals surface area (Å²) in [6, 6.07) is 0. The summed E-state index contributed by atoms with van der Waals surface area (Å²) in [5.74, 6) is 0.532. The smallest absolute Gasteiger partial charge is 0.0746 e. The molecule has 0 saturated heterocycles. The van der Waals surface area contributed by atoms with Crippen LogP contribution in [0, 0.1) is 5.92 Å². The van der Waals surface area contributed by atoms with Gasteiger partial charge in [0.2, 0.25) is 0 Å². The van der Waals surface area contributed by atoms with E-state index < -0.39 is 0 Å². The molecule has 0 aliphatic heterocycles. The van der Waals surface area contributed by atoms with Crippen LogP contribution in [0.25, 0.3) is 0 Å². The van der Waals surface area contributed by atoms with Crippen molar-refractivity contribution in [3.05, 3.63) is 23.8 Å². The summed E-state index contributed by atoms with van der Waals surface area (Å²) in [6.45, 7) is 6.01. The quantitative estimate of drug-likeness (QED) is 0.525. The van der Waals surface area contributed by atoms with Gasteiger partial charge in [0.25, 0.3) is 0 Å².